The number of hydrogen-bond donors (Lipinski definition) is 2. The van der Waals surface area contributed by atoms with Crippen molar-refractivity contribution in [3.8, 4) is 0 Å². The quantitative estimate of drug-likeness (QED) is 0.797. The fraction of sp³-hybridized carbons (Fsp3) is 0.364. The Kier molecular flexibility index (Phi) is 5.13. The molecule has 1 saturated heterocycles. The second kappa shape index (κ2) is 6.85. The van der Waals surface area contributed by atoms with Gasteiger partial charge in [0.2, 0.25) is 0 Å². The predicted octanol–water partition coefficient (Wildman–Crippen LogP) is 1.07. The molecule has 0 radical (unpaired) electrons. The Bertz CT molecular complexity index is 500. The number of urea groups is 1. The lowest BCUT2D eigenvalue weighted by molar-refractivity contribution is 0.0196. The summed E-state index contributed by atoms with van der Waals surface area (Å²) < 4.78 is 5.14. The standard InChI is InChI=1S/C11H12Cl2N4O3/c12-8-5-7(6-9(13)14-8)10(18)15-11(19)16-17-1-3-20-4-2-17/h5-6H,1-4H2,(H2,15,16,18,19). The Morgan fingerprint density at radius 3 is 2.40 bits per heavy atom. The highest BCUT2D eigenvalue weighted by atomic mass is 35.5. The molecule has 0 aliphatic carbocycles. The van der Waals surface area contributed by atoms with Crippen LogP contribution in [0.1, 0.15) is 10.4 Å². The maximum absolute atomic E-state index is 11.8. The summed E-state index contributed by atoms with van der Waals surface area (Å²) in [6.45, 7) is 2.19. The second-order valence-corrected chi connectivity index (χ2v) is 4.77. The van der Waals surface area contributed by atoms with Crippen LogP contribution in [0.25, 0.3) is 0 Å². The third-order valence-electron chi connectivity index (χ3n) is 2.52. The maximum Gasteiger partial charge on any atom is 0.336 e. The van der Waals surface area contributed by atoms with Crippen LogP contribution in [0.2, 0.25) is 10.3 Å². The van der Waals surface area contributed by atoms with Crippen molar-refractivity contribution < 1.29 is 14.3 Å². The number of ether oxygens (including phenoxy) is 1. The molecule has 1 aliphatic rings. The van der Waals surface area contributed by atoms with E-state index in [1.54, 1.807) is 5.01 Å². The highest BCUT2D eigenvalue weighted by Crippen LogP contribution is 2.14. The molecular formula is C11H12Cl2N4O3. The van der Waals surface area contributed by atoms with E-state index in [9.17, 15) is 9.59 Å². The van der Waals surface area contributed by atoms with Crippen molar-refractivity contribution in [1.29, 1.82) is 0 Å². The van der Waals surface area contributed by atoms with Gasteiger partial charge in [0.15, 0.2) is 0 Å². The summed E-state index contributed by atoms with van der Waals surface area (Å²) in [5.41, 5.74) is 2.71. The fourth-order valence-corrected chi connectivity index (χ4v) is 2.08. The summed E-state index contributed by atoms with van der Waals surface area (Å²) in [4.78, 5) is 27.2. The van der Waals surface area contributed by atoms with Crippen LogP contribution in [0.4, 0.5) is 4.79 Å². The van der Waals surface area contributed by atoms with Crippen molar-refractivity contribution in [2.45, 2.75) is 0 Å². The molecule has 3 amide bonds. The third-order valence-corrected chi connectivity index (χ3v) is 2.91. The van der Waals surface area contributed by atoms with Crippen LogP contribution in [0.5, 0.6) is 0 Å². The molecule has 108 valence electrons. The Labute approximate surface area is 125 Å². The van der Waals surface area contributed by atoms with Gasteiger partial charge in [-0.15, -0.1) is 0 Å². The number of halogens is 2. The van der Waals surface area contributed by atoms with Crippen molar-refractivity contribution >= 4 is 35.1 Å². The summed E-state index contributed by atoms with van der Waals surface area (Å²) in [5, 5.41) is 4.01. The lowest BCUT2D eigenvalue weighted by atomic mass is 10.2. The predicted molar refractivity (Wildman–Crippen MR) is 72.6 cm³/mol. The number of nitrogens with one attached hydrogen (secondary N) is 2. The van der Waals surface area contributed by atoms with E-state index in [4.69, 9.17) is 27.9 Å². The Balaban J connectivity index is 1.91. The number of amides is 3. The normalized spacial score (nSPS) is 15.7. The first-order chi connectivity index (χ1) is 9.54. The van der Waals surface area contributed by atoms with Gasteiger partial charge in [0.05, 0.1) is 13.2 Å². The second-order valence-electron chi connectivity index (χ2n) is 4.00. The molecule has 1 aromatic rings. The summed E-state index contributed by atoms with van der Waals surface area (Å²) in [6.07, 6.45) is 0. The average Bonchev–Trinajstić information content (AvgIpc) is 2.38. The number of nitrogens with zero attached hydrogens (tertiary/aromatic N) is 2. The van der Waals surface area contributed by atoms with Gasteiger partial charge in [-0.2, -0.15) is 0 Å². The molecule has 20 heavy (non-hydrogen) atoms. The highest BCUT2D eigenvalue weighted by Gasteiger charge is 2.16. The Morgan fingerprint density at radius 1 is 1.20 bits per heavy atom. The first-order valence-electron chi connectivity index (χ1n) is 5.82. The van der Waals surface area contributed by atoms with Gasteiger partial charge in [-0.1, -0.05) is 23.2 Å². The first-order valence-corrected chi connectivity index (χ1v) is 6.58. The molecule has 1 aliphatic heterocycles. The summed E-state index contributed by atoms with van der Waals surface area (Å²) in [6, 6.07) is 2.02. The molecule has 1 fully saturated rings. The van der Waals surface area contributed by atoms with E-state index in [1.165, 1.54) is 12.1 Å². The number of hydrogen-bond acceptors (Lipinski definition) is 5. The van der Waals surface area contributed by atoms with Gasteiger partial charge in [0, 0.05) is 18.7 Å². The smallest absolute Gasteiger partial charge is 0.336 e. The molecule has 0 bridgehead atoms. The Morgan fingerprint density at radius 2 is 1.80 bits per heavy atom. The number of imide groups is 1. The van der Waals surface area contributed by atoms with Crippen LogP contribution in [-0.2, 0) is 4.74 Å². The van der Waals surface area contributed by atoms with Gasteiger partial charge >= 0.3 is 6.03 Å². The van der Waals surface area contributed by atoms with Crippen molar-refractivity contribution in [1.82, 2.24) is 20.7 Å². The van der Waals surface area contributed by atoms with Gasteiger partial charge < -0.3 is 4.74 Å². The molecule has 9 heteroatoms. The summed E-state index contributed by atoms with van der Waals surface area (Å²) in [7, 11) is 0. The van der Waals surface area contributed by atoms with Crippen molar-refractivity contribution in [2.24, 2.45) is 0 Å². The molecular weight excluding hydrogens is 307 g/mol. The van der Waals surface area contributed by atoms with E-state index in [1.807, 2.05) is 0 Å². The third kappa shape index (κ3) is 4.31. The minimum absolute atomic E-state index is 0.0798. The molecule has 2 rings (SSSR count). The van der Waals surface area contributed by atoms with Crippen LogP contribution in [0, 0.1) is 0 Å². The van der Waals surface area contributed by atoms with Gasteiger partial charge in [0.1, 0.15) is 10.3 Å². The topological polar surface area (TPSA) is 83.6 Å². The van der Waals surface area contributed by atoms with Gasteiger partial charge in [-0.25, -0.2) is 14.8 Å². The van der Waals surface area contributed by atoms with E-state index in [2.05, 4.69) is 15.7 Å². The Hall–Kier alpha value is -1.41. The number of morpholine rings is 1. The molecule has 0 saturated carbocycles. The zero-order valence-corrected chi connectivity index (χ0v) is 11.9. The number of carbonyl (C=O) groups excluding carboxylic acids is 2. The monoisotopic (exact) mass is 318 g/mol. The van der Waals surface area contributed by atoms with Crippen molar-refractivity contribution in [2.75, 3.05) is 26.3 Å². The van der Waals surface area contributed by atoms with E-state index in [-0.39, 0.29) is 15.9 Å². The van der Waals surface area contributed by atoms with Crippen molar-refractivity contribution in [3.63, 3.8) is 0 Å². The fourth-order valence-electron chi connectivity index (χ4n) is 1.62. The summed E-state index contributed by atoms with van der Waals surface area (Å²) in [5.74, 6) is -0.609. The zero-order chi connectivity index (χ0) is 14.5. The minimum Gasteiger partial charge on any atom is -0.379 e. The lowest BCUT2D eigenvalue weighted by Gasteiger charge is -2.26. The molecule has 0 atom stereocenters. The van der Waals surface area contributed by atoms with Crippen LogP contribution in [0.15, 0.2) is 12.1 Å². The van der Waals surface area contributed by atoms with Crippen LogP contribution in [-0.4, -0.2) is 48.2 Å². The van der Waals surface area contributed by atoms with Crippen LogP contribution < -0.4 is 10.7 Å². The van der Waals surface area contributed by atoms with Crippen molar-refractivity contribution in [3.05, 3.63) is 28.0 Å². The number of rotatable bonds is 2. The first kappa shape index (κ1) is 15.0. The number of pyridine rings is 1. The van der Waals surface area contributed by atoms with Crippen LogP contribution >= 0.6 is 23.2 Å². The minimum atomic E-state index is -0.624. The highest BCUT2D eigenvalue weighted by molar-refractivity contribution is 6.33. The number of hydrazine groups is 1. The molecule has 2 N–H and O–H groups in total. The SMILES string of the molecule is O=C(NC(=O)c1cc(Cl)nc(Cl)c1)NN1CCOCC1. The van der Waals surface area contributed by atoms with E-state index >= 15 is 0 Å². The molecule has 0 spiro atoms. The number of carbonyl (C=O) groups is 2. The lowest BCUT2D eigenvalue weighted by Crippen LogP contribution is -2.52. The molecule has 1 aromatic heterocycles. The molecule has 0 unspecified atom stereocenters. The largest absolute Gasteiger partial charge is 0.379 e. The number of aromatic nitrogens is 1. The average molecular weight is 319 g/mol. The molecule has 7 nitrogen and oxygen atoms in total. The summed E-state index contributed by atoms with van der Waals surface area (Å²) >= 11 is 11.4. The molecule has 2 heterocycles. The van der Waals surface area contributed by atoms with E-state index in [0.717, 1.165) is 0 Å². The maximum atomic E-state index is 11.8. The van der Waals surface area contributed by atoms with Gasteiger partial charge in [-0.3, -0.25) is 15.5 Å². The van der Waals surface area contributed by atoms with Crippen LogP contribution in [0.3, 0.4) is 0 Å². The van der Waals surface area contributed by atoms with E-state index in [0.29, 0.717) is 26.3 Å². The van der Waals surface area contributed by atoms with E-state index < -0.39 is 11.9 Å². The molecule has 0 aromatic carbocycles. The van der Waals surface area contributed by atoms with Gasteiger partial charge in [-0.05, 0) is 12.1 Å². The zero-order valence-electron chi connectivity index (χ0n) is 10.4. The van der Waals surface area contributed by atoms with Gasteiger partial charge in [0.25, 0.3) is 5.91 Å².